The predicted molar refractivity (Wildman–Crippen MR) is 161 cm³/mol. The molecule has 1 heterocycles. The van der Waals surface area contributed by atoms with Crippen molar-refractivity contribution in [1.82, 2.24) is 9.80 Å². The van der Waals surface area contributed by atoms with E-state index in [4.69, 9.17) is 4.74 Å². The van der Waals surface area contributed by atoms with Crippen molar-refractivity contribution in [2.45, 2.75) is 65.7 Å². The summed E-state index contributed by atoms with van der Waals surface area (Å²) in [5.74, 6) is 0.102. The molecule has 1 saturated heterocycles. The minimum absolute atomic E-state index is 0.0416. The van der Waals surface area contributed by atoms with Gasteiger partial charge in [-0.05, 0) is 43.0 Å². The highest BCUT2D eigenvalue weighted by molar-refractivity contribution is 5.97. The number of carbonyl (C=O) groups excluding carboxylic acids is 2. The molecule has 0 radical (unpaired) electrons. The van der Waals surface area contributed by atoms with E-state index in [1.807, 2.05) is 68.1 Å². The number of rotatable bonds is 9. The number of anilines is 1. The second kappa shape index (κ2) is 13.6. The lowest BCUT2D eigenvalue weighted by atomic mass is 9.91. The van der Waals surface area contributed by atoms with Crippen LogP contribution in [0.5, 0.6) is 0 Å². The average Bonchev–Trinajstić information content (AvgIpc) is 2.97. The van der Waals surface area contributed by atoms with Crippen LogP contribution in [0.4, 0.5) is 10.5 Å². The Morgan fingerprint density at radius 2 is 1.30 bits per heavy atom. The van der Waals surface area contributed by atoms with Crippen LogP contribution in [0.2, 0.25) is 0 Å². The number of piperidine rings is 1. The highest BCUT2D eigenvalue weighted by atomic mass is 16.6. The number of amides is 2. The number of ether oxygens (including phenoxy) is 1. The summed E-state index contributed by atoms with van der Waals surface area (Å²) >= 11 is 0. The quantitative estimate of drug-likeness (QED) is 0.300. The molecular formula is C34H43N3O3. The highest BCUT2D eigenvalue weighted by Gasteiger charge is 2.36. The van der Waals surface area contributed by atoms with Gasteiger partial charge in [-0.25, -0.2) is 4.79 Å². The van der Waals surface area contributed by atoms with E-state index in [9.17, 15) is 9.59 Å². The Morgan fingerprint density at radius 3 is 1.77 bits per heavy atom. The molecule has 6 heteroatoms. The third-order valence-electron chi connectivity index (χ3n) is 7.51. The maximum absolute atomic E-state index is 13.4. The molecule has 4 rings (SSSR count). The molecule has 6 nitrogen and oxygen atoms in total. The minimum Gasteiger partial charge on any atom is -0.448 e. The number of likely N-dealkylation sites (tertiary alicyclic amines) is 1. The second-order valence-electron chi connectivity index (χ2n) is 11.8. The van der Waals surface area contributed by atoms with Crippen molar-refractivity contribution in [3.8, 4) is 0 Å². The van der Waals surface area contributed by atoms with Gasteiger partial charge in [-0.15, -0.1) is 0 Å². The summed E-state index contributed by atoms with van der Waals surface area (Å²) in [7, 11) is 0. The van der Waals surface area contributed by atoms with Gasteiger partial charge in [0.15, 0.2) is 0 Å². The van der Waals surface area contributed by atoms with Crippen molar-refractivity contribution in [1.29, 1.82) is 0 Å². The smallest absolute Gasteiger partial charge is 0.409 e. The molecule has 0 aliphatic carbocycles. The summed E-state index contributed by atoms with van der Waals surface area (Å²) in [5, 5.41) is 0. The molecule has 0 spiro atoms. The molecule has 0 bridgehead atoms. The number of nitrogens with zero attached hydrogens (tertiary/aromatic N) is 3. The van der Waals surface area contributed by atoms with Crippen molar-refractivity contribution < 1.29 is 14.3 Å². The lowest BCUT2D eigenvalue weighted by Crippen LogP contribution is -2.52. The molecule has 0 N–H and O–H groups in total. The Labute approximate surface area is 239 Å². The normalized spacial score (nSPS) is 15.1. The van der Waals surface area contributed by atoms with Crippen LogP contribution in [0, 0.1) is 5.41 Å². The van der Waals surface area contributed by atoms with E-state index in [0.717, 1.165) is 31.6 Å². The van der Waals surface area contributed by atoms with Gasteiger partial charge in [0.2, 0.25) is 5.91 Å². The van der Waals surface area contributed by atoms with Crippen LogP contribution in [0.1, 0.15) is 51.7 Å². The summed E-state index contributed by atoms with van der Waals surface area (Å²) in [6, 6.07) is 30.7. The van der Waals surface area contributed by atoms with Crippen LogP contribution in [0.15, 0.2) is 91.0 Å². The third kappa shape index (κ3) is 7.95. The monoisotopic (exact) mass is 541 g/mol. The molecular weight excluding hydrogens is 498 g/mol. The van der Waals surface area contributed by atoms with Gasteiger partial charge >= 0.3 is 6.09 Å². The number of hydrogen-bond acceptors (Lipinski definition) is 4. The zero-order valence-electron chi connectivity index (χ0n) is 24.3. The van der Waals surface area contributed by atoms with Gasteiger partial charge in [-0.3, -0.25) is 9.69 Å². The molecule has 40 heavy (non-hydrogen) atoms. The predicted octanol–water partition coefficient (Wildman–Crippen LogP) is 6.76. The van der Waals surface area contributed by atoms with E-state index >= 15 is 0 Å². The van der Waals surface area contributed by atoms with Gasteiger partial charge in [0, 0.05) is 49.4 Å². The fourth-order valence-electron chi connectivity index (χ4n) is 5.14. The minimum atomic E-state index is -0.493. The Hall–Kier alpha value is -3.64. The first-order valence-corrected chi connectivity index (χ1v) is 14.3. The van der Waals surface area contributed by atoms with Crippen molar-refractivity contribution in [2.75, 3.05) is 24.6 Å². The van der Waals surface area contributed by atoms with Crippen LogP contribution < -0.4 is 4.90 Å². The zero-order valence-corrected chi connectivity index (χ0v) is 24.3. The summed E-state index contributed by atoms with van der Waals surface area (Å²) in [5.41, 5.74) is 2.88. The lowest BCUT2D eigenvalue weighted by molar-refractivity contribution is -0.126. The standard InChI is InChI=1S/C34H43N3O3/c1-27(36(24-28-14-8-5-9-15-28)25-29-16-10-6-11-17-29)26-40-33(39)35-22-20-31(21-23-35)37(32(38)34(2,3)4)30-18-12-7-13-19-30/h5-19,27,31H,20-26H2,1-4H3/t27-/m0/s1. The van der Waals surface area contributed by atoms with Gasteiger partial charge in [0.25, 0.3) is 0 Å². The average molecular weight is 542 g/mol. The van der Waals surface area contributed by atoms with E-state index in [1.54, 1.807) is 4.90 Å². The molecule has 212 valence electrons. The lowest BCUT2D eigenvalue weighted by Gasteiger charge is -2.40. The van der Waals surface area contributed by atoms with E-state index < -0.39 is 5.41 Å². The number of benzene rings is 3. The van der Waals surface area contributed by atoms with Gasteiger partial charge in [-0.2, -0.15) is 0 Å². The summed E-state index contributed by atoms with van der Waals surface area (Å²) in [6.07, 6.45) is 1.16. The Morgan fingerprint density at radius 1 is 0.825 bits per heavy atom. The molecule has 3 aromatic carbocycles. The Bertz CT molecular complexity index is 1160. The van der Waals surface area contributed by atoms with Crippen molar-refractivity contribution in [3.63, 3.8) is 0 Å². The fourth-order valence-corrected chi connectivity index (χ4v) is 5.14. The maximum Gasteiger partial charge on any atom is 0.409 e. The Kier molecular flexibility index (Phi) is 9.99. The first-order chi connectivity index (χ1) is 19.2. The van der Waals surface area contributed by atoms with Crippen molar-refractivity contribution in [2.24, 2.45) is 5.41 Å². The molecule has 1 fully saturated rings. The zero-order chi connectivity index (χ0) is 28.5. The highest BCUT2D eigenvalue weighted by Crippen LogP contribution is 2.29. The van der Waals surface area contributed by atoms with Gasteiger partial charge in [-0.1, -0.05) is 99.6 Å². The summed E-state index contributed by atoms with van der Waals surface area (Å²) in [4.78, 5) is 32.6. The van der Waals surface area contributed by atoms with Crippen LogP contribution >= 0.6 is 0 Å². The summed E-state index contributed by atoms with van der Waals surface area (Å²) < 4.78 is 5.85. The van der Waals surface area contributed by atoms with E-state index in [0.29, 0.717) is 19.7 Å². The van der Waals surface area contributed by atoms with Crippen molar-refractivity contribution >= 4 is 17.7 Å². The molecule has 2 amide bonds. The molecule has 0 saturated carbocycles. The van der Waals surface area contributed by atoms with E-state index in [1.165, 1.54) is 11.1 Å². The SMILES string of the molecule is C[C@@H](COC(=O)N1CCC(N(C(=O)C(C)(C)C)c2ccccc2)CC1)N(Cc1ccccc1)Cc1ccccc1. The first-order valence-electron chi connectivity index (χ1n) is 14.3. The molecule has 3 aromatic rings. The van der Waals surface area contributed by atoms with E-state index in [-0.39, 0.29) is 24.1 Å². The summed E-state index contributed by atoms with van der Waals surface area (Å²) in [6.45, 7) is 11.0. The molecule has 0 aromatic heterocycles. The fraction of sp³-hybridized carbons (Fsp3) is 0.412. The molecule has 1 aliphatic rings. The molecule has 0 unspecified atom stereocenters. The van der Waals surface area contributed by atoms with Crippen LogP contribution in [0.25, 0.3) is 0 Å². The molecule has 1 atom stereocenters. The first kappa shape index (κ1) is 29.3. The van der Waals surface area contributed by atoms with Gasteiger partial charge in [0.05, 0.1) is 0 Å². The van der Waals surface area contributed by atoms with Crippen molar-refractivity contribution in [3.05, 3.63) is 102 Å². The molecule has 1 aliphatic heterocycles. The van der Waals surface area contributed by atoms with Crippen LogP contribution in [-0.2, 0) is 22.6 Å². The Balaban J connectivity index is 1.35. The van der Waals surface area contributed by atoms with Gasteiger partial charge in [0.1, 0.15) is 6.61 Å². The number of carbonyl (C=O) groups is 2. The van der Waals surface area contributed by atoms with Gasteiger partial charge < -0.3 is 14.5 Å². The van der Waals surface area contributed by atoms with E-state index in [2.05, 4.69) is 60.4 Å². The number of para-hydroxylation sites is 1. The van der Waals surface area contributed by atoms with Crippen LogP contribution in [-0.4, -0.2) is 53.6 Å². The van der Waals surface area contributed by atoms with Crippen LogP contribution in [0.3, 0.4) is 0 Å². The number of hydrogen-bond donors (Lipinski definition) is 0. The maximum atomic E-state index is 13.4. The second-order valence-corrected chi connectivity index (χ2v) is 11.8. The topological polar surface area (TPSA) is 53.1 Å². The largest absolute Gasteiger partial charge is 0.448 e. The third-order valence-corrected chi connectivity index (χ3v) is 7.51.